The molecule has 3 heteroatoms. The largest absolute Gasteiger partial charge is 0.326 e. The Hall–Kier alpha value is -1.16. The maximum atomic E-state index is 5.57. The van der Waals surface area contributed by atoms with Crippen molar-refractivity contribution in [3.8, 4) is 0 Å². The third-order valence-corrected chi connectivity index (χ3v) is 3.86. The van der Waals surface area contributed by atoms with Gasteiger partial charge in [0.25, 0.3) is 0 Å². The van der Waals surface area contributed by atoms with E-state index in [2.05, 4.69) is 48.0 Å². The van der Waals surface area contributed by atoms with Crippen molar-refractivity contribution in [1.82, 2.24) is 5.32 Å². The lowest BCUT2D eigenvalue weighted by atomic mass is 10.1. The van der Waals surface area contributed by atoms with Crippen LogP contribution >= 0.6 is 11.3 Å². The van der Waals surface area contributed by atoms with Crippen LogP contribution in [0.1, 0.15) is 21.6 Å². The second kappa shape index (κ2) is 5.96. The lowest BCUT2D eigenvalue weighted by Crippen LogP contribution is -2.12. The van der Waals surface area contributed by atoms with Gasteiger partial charge in [0, 0.05) is 24.5 Å². The van der Waals surface area contributed by atoms with Gasteiger partial charge < -0.3 is 11.1 Å². The van der Waals surface area contributed by atoms with Crippen LogP contribution in [0.4, 0.5) is 0 Å². The summed E-state index contributed by atoms with van der Waals surface area (Å²) in [5, 5.41) is 5.60. The van der Waals surface area contributed by atoms with Gasteiger partial charge in [0.05, 0.1) is 0 Å². The van der Waals surface area contributed by atoms with Crippen molar-refractivity contribution in [2.45, 2.75) is 26.6 Å². The van der Waals surface area contributed by atoms with E-state index >= 15 is 0 Å². The van der Waals surface area contributed by atoms with Crippen molar-refractivity contribution < 1.29 is 0 Å². The van der Waals surface area contributed by atoms with Crippen LogP contribution in [-0.2, 0) is 19.6 Å². The monoisotopic (exact) mass is 246 g/mol. The highest BCUT2D eigenvalue weighted by atomic mass is 32.1. The maximum Gasteiger partial charge on any atom is 0.0305 e. The zero-order chi connectivity index (χ0) is 12.1. The Kier molecular flexibility index (Phi) is 4.31. The minimum Gasteiger partial charge on any atom is -0.326 e. The van der Waals surface area contributed by atoms with Crippen molar-refractivity contribution in [2.24, 2.45) is 5.73 Å². The van der Waals surface area contributed by atoms with Crippen LogP contribution in [0.15, 0.2) is 35.7 Å². The molecule has 0 amide bonds. The molecular weight excluding hydrogens is 228 g/mol. The van der Waals surface area contributed by atoms with Crippen LogP contribution in [-0.4, -0.2) is 0 Å². The normalized spacial score (nSPS) is 10.7. The van der Waals surface area contributed by atoms with Crippen LogP contribution in [0, 0.1) is 6.92 Å². The molecule has 3 N–H and O–H groups in total. The van der Waals surface area contributed by atoms with Gasteiger partial charge in [0.2, 0.25) is 0 Å². The van der Waals surface area contributed by atoms with Crippen molar-refractivity contribution in [2.75, 3.05) is 0 Å². The van der Waals surface area contributed by atoms with E-state index in [0.717, 1.165) is 13.1 Å². The number of hydrogen-bond acceptors (Lipinski definition) is 3. The first kappa shape index (κ1) is 12.3. The topological polar surface area (TPSA) is 38.0 Å². The number of rotatable bonds is 5. The van der Waals surface area contributed by atoms with E-state index in [1.807, 2.05) is 11.3 Å². The van der Waals surface area contributed by atoms with E-state index in [-0.39, 0.29) is 0 Å². The standard InChI is InChI=1S/C14H18N2S/c1-11-6-7-17-14(11)10-16-9-13-4-2-12(8-15)3-5-13/h2-7,16H,8-10,15H2,1H3. The van der Waals surface area contributed by atoms with Crippen molar-refractivity contribution in [1.29, 1.82) is 0 Å². The molecule has 1 heterocycles. The molecule has 0 saturated heterocycles. The number of benzene rings is 1. The molecule has 0 aliphatic carbocycles. The molecule has 0 aliphatic heterocycles. The zero-order valence-electron chi connectivity index (χ0n) is 10.1. The molecule has 0 saturated carbocycles. The van der Waals surface area contributed by atoms with Crippen LogP contribution in [0.25, 0.3) is 0 Å². The predicted molar refractivity (Wildman–Crippen MR) is 73.9 cm³/mol. The minimum absolute atomic E-state index is 0.613. The van der Waals surface area contributed by atoms with Crippen LogP contribution < -0.4 is 11.1 Å². The third-order valence-electron chi connectivity index (χ3n) is 2.84. The van der Waals surface area contributed by atoms with Crippen LogP contribution in [0.3, 0.4) is 0 Å². The maximum absolute atomic E-state index is 5.57. The number of nitrogens with two attached hydrogens (primary N) is 1. The Labute approximate surface area is 106 Å². The van der Waals surface area contributed by atoms with Gasteiger partial charge in [-0.1, -0.05) is 24.3 Å². The summed E-state index contributed by atoms with van der Waals surface area (Å²) in [5.41, 5.74) is 9.43. The van der Waals surface area contributed by atoms with Crippen LogP contribution in [0.5, 0.6) is 0 Å². The Morgan fingerprint density at radius 3 is 2.35 bits per heavy atom. The highest BCUT2D eigenvalue weighted by Gasteiger charge is 1.99. The summed E-state index contributed by atoms with van der Waals surface area (Å²) in [6.45, 7) is 4.62. The molecule has 90 valence electrons. The molecule has 0 spiro atoms. The lowest BCUT2D eigenvalue weighted by molar-refractivity contribution is 0.698. The first-order valence-corrected chi connectivity index (χ1v) is 6.69. The molecule has 2 rings (SSSR count). The van der Waals surface area contributed by atoms with E-state index in [1.165, 1.54) is 21.6 Å². The zero-order valence-corrected chi connectivity index (χ0v) is 10.9. The van der Waals surface area contributed by atoms with Gasteiger partial charge in [-0.2, -0.15) is 0 Å². The minimum atomic E-state index is 0.613. The average Bonchev–Trinajstić information content (AvgIpc) is 2.76. The Balaban J connectivity index is 1.83. The van der Waals surface area contributed by atoms with E-state index in [0.29, 0.717) is 6.54 Å². The molecule has 0 radical (unpaired) electrons. The fourth-order valence-electron chi connectivity index (χ4n) is 1.70. The molecule has 1 aromatic heterocycles. The summed E-state index contributed by atoms with van der Waals surface area (Å²) in [6.07, 6.45) is 0. The second-order valence-electron chi connectivity index (χ2n) is 4.15. The Bertz CT molecular complexity index is 459. The van der Waals surface area contributed by atoms with E-state index in [1.54, 1.807) is 0 Å². The summed E-state index contributed by atoms with van der Waals surface area (Å²) in [6, 6.07) is 10.6. The highest BCUT2D eigenvalue weighted by molar-refractivity contribution is 7.10. The SMILES string of the molecule is Cc1ccsc1CNCc1ccc(CN)cc1. The number of hydrogen-bond donors (Lipinski definition) is 2. The van der Waals surface area contributed by atoms with Gasteiger partial charge in [-0.3, -0.25) is 0 Å². The van der Waals surface area contributed by atoms with Crippen molar-refractivity contribution in [3.05, 3.63) is 57.3 Å². The molecule has 0 fully saturated rings. The van der Waals surface area contributed by atoms with Crippen molar-refractivity contribution in [3.63, 3.8) is 0 Å². The molecule has 0 atom stereocenters. The number of thiophene rings is 1. The molecule has 2 nitrogen and oxygen atoms in total. The number of nitrogens with one attached hydrogen (secondary N) is 1. The summed E-state index contributed by atoms with van der Waals surface area (Å²) in [4.78, 5) is 1.42. The summed E-state index contributed by atoms with van der Waals surface area (Å²) in [7, 11) is 0. The molecule has 1 aromatic carbocycles. The molecule has 0 unspecified atom stereocenters. The Morgan fingerprint density at radius 1 is 1.06 bits per heavy atom. The van der Waals surface area contributed by atoms with Crippen LogP contribution in [0.2, 0.25) is 0 Å². The lowest BCUT2D eigenvalue weighted by Gasteiger charge is -2.05. The van der Waals surface area contributed by atoms with Gasteiger partial charge in [-0.05, 0) is 35.1 Å². The fraction of sp³-hybridized carbons (Fsp3) is 0.286. The molecule has 2 aromatic rings. The molecule has 0 bridgehead atoms. The smallest absolute Gasteiger partial charge is 0.0305 e. The van der Waals surface area contributed by atoms with Crippen molar-refractivity contribution >= 4 is 11.3 Å². The molecular formula is C14H18N2S. The van der Waals surface area contributed by atoms with E-state index in [4.69, 9.17) is 5.73 Å². The van der Waals surface area contributed by atoms with Gasteiger partial charge in [0.1, 0.15) is 0 Å². The highest BCUT2D eigenvalue weighted by Crippen LogP contribution is 2.15. The van der Waals surface area contributed by atoms with E-state index in [9.17, 15) is 0 Å². The predicted octanol–water partition coefficient (Wildman–Crippen LogP) is 2.81. The first-order chi connectivity index (χ1) is 8.29. The van der Waals surface area contributed by atoms with Gasteiger partial charge in [-0.15, -0.1) is 11.3 Å². The second-order valence-corrected chi connectivity index (χ2v) is 5.15. The van der Waals surface area contributed by atoms with Gasteiger partial charge >= 0.3 is 0 Å². The molecule has 0 aliphatic rings. The quantitative estimate of drug-likeness (QED) is 0.851. The van der Waals surface area contributed by atoms with Gasteiger partial charge in [0.15, 0.2) is 0 Å². The number of aryl methyl sites for hydroxylation is 1. The summed E-state index contributed by atoms with van der Waals surface area (Å²) in [5.74, 6) is 0. The Morgan fingerprint density at radius 2 is 1.76 bits per heavy atom. The molecule has 17 heavy (non-hydrogen) atoms. The fourth-order valence-corrected chi connectivity index (χ4v) is 2.57. The summed E-state index contributed by atoms with van der Waals surface area (Å²) < 4.78 is 0. The summed E-state index contributed by atoms with van der Waals surface area (Å²) >= 11 is 1.81. The average molecular weight is 246 g/mol. The van der Waals surface area contributed by atoms with Gasteiger partial charge in [-0.25, -0.2) is 0 Å². The third kappa shape index (κ3) is 3.40. The van der Waals surface area contributed by atoms with E-state index < -0.39 is 0 Å². The first-order valence-electron chi connectivity index (χ1n) is 5.81.